The number of aryl methyl sites for hydroxylation is 2. The van der Waals surface area contributed by atoms with Gasteiger partial charge in [-0.2, -0.15) is 0 Å². The number of nitrogens with zero attached hydrogens (tertiary/aromatic N) is 1. The Balaban J connectivity index is 1.79. The molecule has 1 fully saturated rings. The van der Waals surface area contributed by atoms with Gasteiger partial charge < -0.3 is 19.5 Å². The number of benzene rings is 2. The van der Waals surface area contributed by atoms with Gasteiger partial charge in [0.1, 0.15) is 11.5 Å². The molecule has 168 valence electrons. The van der Waals surface area contributed by atoms with Crippen molar-refractivity contribution in [1.82, 2.24) is 4.90 Å². The normalized spacial score (nSPS) is 19.9. The van der Waals surface area contributed by atoms with Crippen LogP contribution in [0, 0.1) is 6.92 Å². The Morgan fingerprint density at radius 3 is 2.78 bits per heavy atom. The summed E-state index contributed by atoms with van der Waals surface area (Å²) in [6.45, 7) is 7.05. The van der Waals surface area contributed by atoms with E-state index in [-0.39, 0.29) is 24.0 Å². The molecule has 1 N–H and O–H groups in total. The van der Waals surface area contributed by atoms with Crippen LogP contribution in [-0.2, 0) is 20.7 Å². The lowest BCUT2D eigenvalue weighted by atomic mass is 9.93. The van der Waals surface area contributed by atoms with Gasteiger partial charge in [0.15, 0.2) is 0 Å². The Morgan fingerprint density at radius 2 is 2.03 bits per heavy atom. The molecule has 1 atom stereocenters. The number of likely N-dealkylation sites (tertiary alicyclic amines) is 1. The van der Waals surface area contributed by atoms with E-state index in [2.05, 4.69) is 0 Å². The summed E-state index contributed by atoms with van der Waals surface area (Å²) in [5.41, 5.74) is 3.42. The smallest absolute Gasteiger partial charge is 0.295 e. The molecule has 0 radical (unpaired) electrons. The molecule has 2 heterocycles. The zero-order valence-electron chi connectivity index (χ0n) is 18.8. The maximum atomic E-state index is 13.1. The van der Waals surface area contributed by atoms with Crippen LogP contribution in [0.15, 0.2) is 48.0 Å². The van der Waals surface area contributed by atoms with Crippen molar-refractivity contribution in [3.63, 3.8) is 0 Å². The first kappa shape index (κ1) is 22.1. The number of aliphatic hydroxyl groups excluding tert-OH is 1. The molecule has 6 heteroatoms. The number of amides is 1. The van der Waals surface area contributed by atoms with E-state index < -0.39 is 17.7 Å². The van der Waals surface area contributed by atoms with E-state index in [1.54, 1.807) is 6.07 Å². The maximum Gasteiger partial charge on any atom is 0.295 e. The lowest BCUT2D eigenvalue weighted by Gasteiger charge is -2.26. The average molecular weight is 436 g/mol. The maximum absolute atomic E-state index is 13.1. The van der Waals surface area contributed by atoms with Gasteiger partial charge in [-0.3, -0.25) is 9.59 Å². The van der Waals surface area contributed by atoms with Gasteiger partial charge in [-0.05, 0) is 62.9 Å². The number of Topliss-reactive ketones (excluding diaryl/α,β-unsaturated/α-hetero) is 1. The highest BCUT2D eigenvalue weighted by Gasteiger charge is 2.46. The summed E-state index contributed by atoms with van der Waals surface area (Å²) in [4.78, 5) is 27.6. The number of hydrogen-bond donors (Lipinski definition) is 1. The van der Waals surface area contributed by atoms with Crippen LogP contribution in [0.4, 0.5) is 0 Å². The number of aliphatic hydroxyl groups is 1. The largest absolute Gasteiger partial charge is 0.507 e. The molecule has 1 amide bonds. The quantitative estimate of drug-likeness (QED) is 0.419. The molecule has 1 unspecified atom stereocenters. The van der Waals surface area contributed by atoms with Crippen LogP contribution in [-0.4, -0.2) is 47.6 Å². The molecule has 1 saturated heterocycles. The van der Waals surface area contributed by atoms with Gasteiger partial charge in [0.05, 0.1) is 30.9 Å². The van der Waals surface area contributed by atoms with Crippen LogP contribution in [0.1, 0.15) is 48.6 Å². The minimum atomic E-state index is -0.674. The fraction of sp³-hybridized carbons (Fsp3) is 0.385. The van der Waals surface area contributed by atoms with Crippen molar-refractivity contribution < 1.29 is 24.2 Å². The molecule has 6 nitrogen and oxygen atoms in total. The summed E-state index contributed by atoms with van der Waals surface area (Å²) in [7, 11) is 0. The van der Waals surface area contributed by atoms with Crippen molar-refractivity contribution >= 4 is 17.4 Å². The highest BCUT2D eigenvalue weighted by atomic mass is 16.5. The highest BCUT2D eigenvalue weighted by molar-refractivity contribution is 6.46. The van der Waals surface area contributed by atoms with Crippen molar-refractivity contribution in [2.24, 2.45) is 0 Å². The van der Waals surface area contributed by atoms with Gasteiger partial charge in [-0.25, -0.2) is 0 Å². The number of carbonyl (C=O) groups is 2. The van der Waals surface area contributed by atoms with E-state index >= 15 is 0 Å². The van der Waals surface area contributed by atoms with Gasteiger partial charge in [0.2, 0.25) is 0 Å². The van der Waals surface area contributed by atoms with Crippen LogP contribution >= 0.6 is 0 Å². The van der Waals surface area contributed by atoms with E-state index in [4.69, 9.17) is 9.47 Å². The Bertz CT molecular complexity index is 1070. The fourth-order valence-electron chi connectivity index (χ4n) is 4.35. The minimum absolute atomic E-state index is 0.0157. The molecule has 32 heavy (non-hydrogen) atoms. The van der Waals surface area contributed by atoms with Crippen LogP contribution in [0.2, 0.25) is 0 Å². The monoisotopic (exact) mass is 435 g/mol. The summed E-state index contributed by atoms with van der Waals surface area (Å²) < 4.78 is 11.3. The van der Waals surface area contributed by atoms with Gasteiger partial charge in [-0.1, -0.05) is 29.8 Å². The van der Waals surface area contributed by atoms with Crippen molar-refractivity contribution in [3.8, 4) is 5.75 Å². The number of fused-ring (bicyclic) bond motifs is 1. The first-order valence-corrected chi connectivity index (χ1v) is 11.1. The summed E-state index contributed by atoms with van der Waals surface area (Å²) in [5, 5.41) is 11.3. The molecular formula is C26H29NO5. The predicted molar refractivity (Wildman–Crippen MR) is 122 cm³/mol. The zero-order valence-corrected chi connectivity index (χ0v) is 18.8. The molecule has 4 rings (SSSR count). The topological polar surface area (TPSA) is 76.1 Å². The lowest BCUT2D eigenvalue weighted by molar-refractivity contribution is -0.140. The van der Waals surface area contributed by atoms with Gasteiger partial charge in [-0.15, -0.1) is 0 Å². The van der Waals surface area contributed by atoms with Crippen LogP contribution in [0.3, 0.4) is 0 Å². The van der Waals surface area contributed by atoms with Gasteiger partial charge >= 0.3 is 0 Å². The summed E-state index contributed by atoms with van der Waals surface area (Å²) in [6, 6.07) is 12.4. The third-order valence-corrected chi connectivity index (χ3v) is 5.86. The Morgan fingerprint density at radius 1 is 1.22 bits per heavy atom. The van der Waals surface area contributed by atoms with Crippen LogP contribution in [0.5, 0.6) is 5.75 Å². The van der Waals surface area contributed by atoms with Gasteiger partial charge in [0.25, 0.3) is 11.7 Å². The second-order valence-electron chi connectivity index (χ2n) is 8.60. The third-order valence-electron chi connectivity index (χ3n) is 5.86. The summed E-state index contributed by atoms with van der Waals surface area (Å²) in [6.07, 6.45) is 1.77. The first-order chi connectivity index (χ1) is 15.4. The van der Waals surface area contributed by atoms with Crippen molar-refractivity contribution in [1.29, 1.82) is 0 Å². The number of ether oxygens (including phenoxy) is 2. The third kappa shape index (κ3) is 4.28. The Labute approximate surface area is 188 Å². The van der Waals surface area contributed by atoms with E-state index in [1.165, 1.54) is 4.90 Å². The second kappa shape index (κ2) is 9.17. The van der Waals surface area contributed by atoms with Crippen LogP contribution < -0.4 is 4.74 Å². The Hall–Kier alpha value is -3.12. The number of ketones is 1. The number of carbonyl (C=O) groups excluding carboxylic acids is 2. The molecule has 0 bridgehead atoms. The molecular weight excluding hydrogens is 406 g/mol. The summed E-state index contributed by atoms with van der Waals surface area (Å²) >= 11 is 0. The fourth-order valence-corrected chi connectivity index (χ4v) is 4.35. The Kier molecular flexibility index (Phi) is 6.33. The molecule has 2 aliphatic heterocycles. The predicted octanol–water partition coefficient (Wildman–Crippen LogP) is 4.17. The zero-order chi connectivity index (χ0) is 22.8. The number of rotatable bonds is 6. The van der Waals surface area contributed by atoms with E-state index in [0.29, 0.717) is 18.8 Å². The molecule has 2 aliphatic rings. The average Bonchev–Trinajstić information content (AvgIpc) is 3.03. The van der Waals surface area contributed by atoms with E-state index in [1.807, 2.05) is 57.2 Å². The van der Waals surface area contributed by atoms with E-state index in [9.17, 15) is 14.7 Å². The molecule has 2 aromatic rings. The lowest BCUT2D eigenvalue weighted by Crippen LogP contribution is -2.33. The number of hydrogen-bond acceptors (Lipinski definition) is 5. The molecule has 0 saturated carbocycles. The van der Waals surface area contributed by atoms with Crippen molar-refractivity contribution in [2.75, 3.05) is 19.8 Å². The molecule has 2 aromatic carbocycles. The SMILES string of the molecule is Cc1cccc(C2/C(=C(/O)c3ccc4c(c3)CCCO4)C(=O)C(=O)N2CCOC(C)C)c1. The summed E-state index contributed by atoms with van der Waals surface area (Å²) in [5.74, 6) is -0.649. The molecule has 0 aromatic heterocycles. The van der Waals surface area contributed by atoms with E-state index in [0.717, 1.165) is 35.3 Å². The van der Waals surface area contributed by atoms with Crippen LogP contribution in [0.25, 0.3) is 5.76 Å². The molecule has 0 aliphatic carbocycles. The first-order valence-electron chi connectivity index (χ1n) is 11.1. The van der Waals surface area contributed by atoms with Gasteiger partial charge in [0, 0.05) is 12.1 Å². The highest BCUT2D eigenvalue weighted by Crippen LogP contribution is 2.40. The minimum Gasteiger partial charge on any atom is -0.507 e. The van der Waals surface area contributed by atoms with Crippen molar-refractivity contribution in [3.05, 3.63) is 70.3 Å². The molecule has 0 spiro atoms. The second-order valence-corrected chi connectivity index (χ2v) is 8.60. The standard InChI is InChI=1S/C26H29NO5/c1-16(2)31-13-11-27-23(19-7-4-6-17(3)14-19)22(25(29)26(27)30)24(28)20-9-10-21-18(15-20)8-5-12-32-21/h4,6-7,9-10,14-16,23,28H,5,8,11-13H2,1-3H3/b24-22-. The van der Waals surface area contributed by atoms with Crippen molar-refractivity contribution in [2.45, 2.75) is 45.8 Å².